The molecule has 0 rings (SSSR count). The first-order valence-corrected chi connectivity index (χ1v) is 5.01. The quantitative estimate of drug-likeness (QED) is 0.635. The van der Waals surface area contributed by atoms with Crippen molar-refractivity contribution in [1.82, 2.24) is 5.32 Å². The number of ether oxygens (including phenoxy) is 1. The van der Waals surface area contributed by atoms with E-state index in [9.17, 15) is 35.9 Å². The van der Waals surface area contributed by atoms with Gasteiger partial charge in [0.2, 0.25) is 11.8 Å². The Bertz CT molecular complexity index is 324. The number of nitrogens with one attached hydrogen (secondary N) is 1. The highest BCUT2D eigenvalue weighted by Gasteiger charge is 2.61. The number of alkyl halides is 6. The minimum Gasteiger partial charge on any atom is -0.464 e. The Morgan fingerprint density at radius 2 is 1.53 bits per heavy atom. The number of hydrogen-bond donors (Lipinski definition) is 1. The summed E-state index contributed by atoms with van der Waals surface area (Å²) in [7, 11) is 0. The molecule has 112 valence electrons. The Balaban J connectivity index is 4.91. The first kappa shape index (κ1) is 17.5. The van der Waals surface area contributed by atoms with Gasteiger partial charge in [0.25, 0.3) is 0 Å². The van der Waals surface area contributed by atoms with Gasteiger partial charge in [0, 0.05) is 0 Å². The highest BCUT2D eigenvalue weighted by molar-refractivity contribution is 5.86. The van der Waals surface area contributed by atoms with Gasteiger partial charge in [0.05, 0.1) is 6.61 Å². The average Bonchev–Trinajstić information content (AvgIpc) is 2.12. The summed E-state index contributed by atoms with van der Waals surface area (Å²) < 4.78 is 77.4. The first-order valence-electron chi connectivity index (χ1n) is 5.01. The van der Waals surface area contributed by atoms with Crippen molar-refractivity contribution >= 4 is 11.9 Å². The molecule has 0 radical (unpaired) electrons. The number of carbonyl (C=O) groups excluding carboxylic acids is 2. The molecule has 0 aromatic rings. The molecule has 0 heterocycles. The molecule has 0 aliphatic carbocycles. The Morgan fingerprint density at radius 3 is 1.84 bits per heavy atom. The van der Waals surface area contributed by atoms with Gasteiger partial charge >= 0.3 is 18.3 Å². The molecule has 0 saturated carbocycles. The molecule has 4 nitrogen and oxygen atoms in total. The maximum absolute atomic E-state index is 12.2. The summed E-state index contributed by atoms with van der Waals surface area (Å²) in [5, 5.41) is 1.32. The smallest absolute Gasteiger partial charge is 0.409 e. The highest BCUT2D eigenvalue weighted by Crippen LogP contribution is 2.39. The summed E-state index contributed by atoms with van der Waals surface area (Å²) >= 11 is 0. The van der Waals surface area contributed by atoms with Crippen molar-refractivity contribution in [2.24, 2.45) is 5.92 Å². The van der Waals surface area contributed by atoms with Gasteiger partial charge in [0.1, 0.15) is 6.04 Å². The SMILES string of the molecule is CCOC(=O)C(C)NC(=O)C(C(F)(F)F)C(F)(F)F. The van der Waals surface area contributed by atoms with Crippen LogP contribution >= 0.6 is 0 Å². The van der Waals surface area contributed by atoms with Crippen LogP contribution in [-0.4, -0.2) is 36.9 Å². The molecule has 0 aromatic carbocycles. The number of carbonyl (C=O) groups is 2. The van der Waals surface area contributed by atoms with Crippen LogP contribution in [0.5, 0.6) is 0 Å². The second-order valence-corrected chi connectivity index (χ2v) is 3.50. The summed E-state index contributed by atoms with van der Waals surface area (Å²) in [6.07, 6.45) is -11.6. The predicted molar refractivity (Wildman–Crippen MR) is 49.8 cm³/mol. The van der Waals surface area contributed by atoms with E-state index in [1.54, 1.807) is 0 Å². The third kappa shape index (κ3) is 5.35. The van der Waals surface area contributed by atoms with E-state index in [0.29, 0.717) is 0 Å². The lowest BCUT2D eigenvalue weighted by Gasteiger charge is -2.23. The van der Waals surface area contributed by atoms with Gasteiger partial charge in [-0.15, -0.1) is 0 Å². The van der Waals surface area contributed by atoms with Crippen molar-refractivity contribution in [2.45, 2.75) is 32.2 Å². The third-order valence-corrected chi connectivity index (χ3v) is 1.92. The Labute approximate surface area is 104 Å². The van der Waals surface area contributed by atoms with Crippen molar-refractivity contribution in [3.8, 4) is 0 Å². The van der Waals surface area contributed by atoms with Gasteiger partial charge in [-0.25, -0.2) is 4.79 Å². The monoisotopic (exact) mass is 295 g/mol. The standard InChI is InChI=1S/C9H11F6NO3/c1-3-19-7(18)4(2)16-6(17)5(8(10,11)12)9(13,14)15/h4-5H,3H2,1-2H3,(H,16,17). The third-order valence-electron chi connectivity index (χ3n) is 1.92. The molecular weight excluding hydrogens is 284 g/mol. The van der Waals surface area contributed by atoms with E-state index in [4.69, 9.17) is 0 Å². The Hall–Kier alpha value is -1.48. The summed E-state index contributed by atoms with van der Waals surface area (Å²) in [4.78, 5) is 22.0. The van der Waals surface area contributed by atoms with Gasteiger partial charge in [-0.05, 0) is 13.8 Å². The van der Waals surface area contributed by atoms with Crippen LogP contribution in [0, 0.1) is 5.92 Å². The molecule has 1 amide bonds. The largest absolute Gasteiger partial charge is 0.464 e. The molecule has 1 N–H and O–H groups in total. The lowest BCUT2D eigenvalue weighted by atomic mass is 10.1. The zero-order valence-corrected chi connectivity index (χ0v) is 9.85. The van der Waals surface area contributed by atoms with Crippen LogP contribution in [0.3, 0.4) is 0 Å². The minimum atomic E-state index is -5.79. The van der Waals surface area contributed by atoms with Crippen LogP contribution in [0.25, 0.3) is 0 Å². The van der Waals surface area contributed by atoms with E-state index in [1.807, 2.05) is 0 Å². The maximum Gasteiger partial charge on any atom is 0.409 e. The average molecular weight is 295 g/mol. The molecule has 0 bridgehead atoms. The molecule has 0 fully saturated rings. The Kier molecular flexibility index (Phi) is 5.63. The first-order chi connectivity index (χ1) is 8.41. The molecule has 10 heteroatoms. The number of amides is 1. The number of rotatable bonds is 4. The number of halogens is 6. The molecule has 0 spiro atoms. The highest BCUT2D eigenvalue weighted by atomic mass is 19.4. The maximum atomic E-state index is 12.2. The minimum absolute atomic E-state index is 0.124. The Morgan fingerprint density at radius 1 is 1.11 bits per heavy atom. The van der Waals surface area contributed by atoms with Gasteiger partial charge in [-0.1, -0.05) is 0 Å². The molecule has 0 aromatic heterocycles. The second kappa shape index (κ2) is 6.11. The molecule has 1 unspecified atom stereocenters. The van der Waals surface area contributed by atoms with E-state index >= 15 is 0 Å². The molecule has 19 heavy (non-hydrogen) atoms. The predicted octanol–water partition coefficient (Wildman–Crippen LogP) is 1.79. The second-order valence-electron chi connectivity index (χ2n) is 3.50. The fourth-order valence-electron chi connectivity index (χ4n) is 1.11. The normalized spacial score (nSPS) is 14.2. The van der Waals surface area contributed by atoms with Gasteiger partial charge in [0.15, 0.2) is 0 Å². The molecule has 0 aliphatic rings. The van der Waals surface area contributed by atoms with Crippen LogP contribution in [0.2, 0.25) is 0 Å². The summed E-state index contributed by atoms with van der Waals surface area (Å²) in [5.41, 5.74) is 0. The van der Waals surface area contributed by atoms with Gasteiger partial charge < -0.3 is 10.1 Å². The molecule has 0 aliphatic heterocycles. The van der Waals surface area contributed by atoms with Crippen LogP contribution in [0.15, 0.2) is 0 Å². The number of hydrogen-bond acceptors (Lipinski definition) is 3. The number of esters is 1. The van der Waals surface area contributed by atoms with E-state index in [2.05, 4.69) is 4.74 Å². The topological polar surface area (TPSA) is 55.4 Å². The van der Waals surface area contributed by atoms with Crippen molar-refractivity contribution in [2.75, 3.05) is 6.61 Å². The van der Waals surface area contributed by atoms with E-state index < -0.39 is 36.2 Å². The fraction of sp³-hybridized carbons (Fsp3) is 0.778. The van der Waals surface area contributed by atoms with E-state index in [1.165, 1.54) is 12.2 Å². The summed E-state index contributed by atoms with van der Waals surface area (Å²) in [6, 6.07) is -1.61. The van der Waals surface area contributed by atoms with Crippen LogP contribution in [0.4, 0.5) is 26.3 Å². The van der Waals surface area contributed by atoms with Crippen LogP contribution in [-0.2, 0) is 14.3 Å². The van der Waals surface area contributed by atoms with Crippen molar-refractivity contribution in [3.63, 3.8) is 0 Å². The van der Waals surface area contributed by atoms with Crippen LogP contribution in [0.1, 0.15) is 13.8 Å². The lowest BCUT2D eigenvalue weighted by Crippen LogP contribution is -2.51. The summed E-state index contributed by atoms with van der Waals surface area (Å²) in [5.74, 6) is -7.66. The van der Waals surface area contributed by atoms with Gasteiger partial charge in [-0.3, -0.25) is 4.79 Å². The van der Waals surface area contributed by atoms with Crippen molar-refractivity contribution < 1.29 is 40.7 Å². The molecule has 0 saturated heterocycles. The van der Waals surface area contributed by atoms with E-state index in [0.717, 1.165) is 6.92 Å². The summed E-state index contributed by atoms with van der Waals surface area (Å²) in [6.45, 7) is 2.18. The van der Waals surface area contributed by atoms with Crippen LogP contribution < -0.4 is 5.32 Å². The molecule has 1 atom stereocenters. The van der Waals surface area contributed by atoms with Gasteiger partial charge in [-0.2, -0.15) is 26.3 Å². The van der Waals surface area contributed by atoms with Crippen molar-refractivity contribution in [1.29, 1.82) is 0 Å². The zero-order chi connectivity index (χ0) is 15.4. The van der Waals surface area contributed by atoms with Crippen molar-refractivity contribution in [3.05, 3.63) is 0 Å². The zero-order valence-electron chi connectivity index (χ0n) is 9.85. The van der Waals surface area contributed by atoms with E-state index in [-0.39, 0.29) is 6.61 Å². The molecular formula is C9H11F6NO3. The lowest BCUT2D eigenvalue weighted by molar-refractivity contribution is -0.274. The fourth-order valence-corrected chi connectivity index (χ4v) is 1.11.